The highest BCUT2D eigenvalue weighted by atomic mass is 16.6. The predicted molar refractivity (Wildman–Crippen MR) is 151 cm³/mol. The van der Waals surface area contributed by atoms with Gasteiger partial charge in [-0.05, 0) is 116 Å². The Labute approximate surface area is 236 Å². The van der Waals surface area contributed by atoms with Crippen LogP contribution >= 0.6 is 0 Å². The van der Waals surface area contributed by atoms with Crippen LogP contribution < -0.4 is 5.73 Å². The number of carbonyl (C=O) groups excluding carboxylic acids is 1. The van der Waals surface area contributed by atoms with Crippen LogP contribution in [0.1, 0.15) is 113 Å². The zero-order valence-corrected chi connectivity index (χ0v) is 25.8. The van der Waals surface area contributed by atoms with Crippen LogP contribution in [-0.4, -0.2) is 52.2 Å². The van der Waals surface area contributed by atoms with E-state index < -0.39 is 11.7 Å². The van der Waals surface area contributed by atoms with Gasteiger partial charge >= 0.3 is 5.97 Å². The molecule has 222 valence electrons. The number of hydrogen-bond donors (Lipinski definition) is 3. The van der Waals surface area contributed by atoms with Crippen LogP contribution in [0, 0.1) is 50.7 Å². The van der Waals surface area contributed by atoms with Gasteiger partial charge in [-0.3, -0.25) is 4.79 Å². The van der Waals surface area contributed by atoms with Crippen LogP contribution in [0.2, 0.25) is 0 Å². The summed E-state index contributed by atoms with van der Waals surface area (Å²) in [6, 6.07) is -0.0966. The van der Waals surface area contributed by atoms with E-state index in [1.807, 2.05) is 0 Å². The molecule has 1 heterocycles. The molecule has 1 aliphatic heterocycles. The average molecular weight is 546 g/mol. The van der Waals surface area contributed by atoms with Crippen LogP contribution in [0.4, 0.5) is 0 Å². The fourth-order valence-corrected chi connectivity index (χ4v) is 12.5. The minimum Gasteiger partial charge on any atom is -0.457 e. The van der Waals surface area contributed by atoms with E-state index in [1.165, 1.54) is 38.5 Å². The molecule has 5 saturated carbocycles. The Hall–Kier alpha value is -0.690. The lowest BCUT2D eigenvalue weighted by Crippen LogP contribution is -2.61. The second kappa shape index (κ2) is 8.45. The first kappa shape index (κ1) is 28.4. The Kier molecular flexibility index (Phi) is 6.16. The lowest BCUT2D eigenvalue weighted by Gasteiger charge is -2.63. The zero-order chi connectivity index (χ0) is 28.6. The smallest absolute Gasteiger partial charge is 0.305 e. The van der Waals surface area contributed by atoms with Crippen molar-refractivity contribution in [2.45, 2.75) is 149 Å². The van der Waals surface area contributed by atoms with Crippen LogP contribution in [0.3, 0.4) is 0 Å². The van der Waals surface area contributed by atoms with Gasteiger partial charge in [-0.1, -0.05) is 41.5 Å². The summed E-state index contributed by atoms with van der Waals surface area (Å²) in [7, 11) is 0. The van der Waals surface area contributed by atoms with E-state index in [0.717, 1.165) is 12.8 Å². The maximum Gasteiger partial charge on any atom is 0.305 e. The Morgan fingerprint density at radius 2 is 1.72 bits per heavy atom. The van der Waals surface area contributed by atoms with Gasteiger partial charge in [0.05, 0.1) is 23.9 Å². The van der Waals surface area contributed by atoms with Crippen molar-refractivity contribution in [3.05, 3.63) is 0 Å². The fourth-order valence-electron chi connectivity index (χ4n) is 12.5. The molecule has 4 N–H and O–H groups in total. The van der Waals surface area contributed by atoms with Crippen molar-refractivity contribution in [3.8, 4) is 0 Å². The molecule has 0 aromatic carbocycles. The van der Waals surface area contributed by atoms with Crippen molar-refractivity contribution in [2.24, 2.45) is 56.5 Å². The molecular weight excluding hydrogens is 490 g/mol. The molecule has 0 bridgehead atoms. The van der Waals surface area contributed by atoms with Crippen molar-refractivity contribution in [1.29, 1.82) is 0 Å². The first-order valence-electron chi connectivity index (χ1n) is 16.0. The Morgan fingerprint density at radius 1 is 1.08 bits per heavy atom. The predicted octanol–water partition coefficient (Wildman–Crippen LogP) is 5.22. The van der Waals surface area contributed by atoms with Gasteiger partial charge < -0.3 is 25.4 Å². The van der Waals surface area contributed by atoms with Crippen molar-refractivity contribution in [3.63, 3.8) is 0 Å². The summed E-state index contributed by atoms with van der Waals surface area (Å²) >= 11 is 0. The number of nitrogens with two attached hydrogens (primary N) is 1. The summed E-state index contributed by atoms with van der Waals surface area (Å²) in [6.45, 7) is 17.2. The maximum absolute atomic E-state index is 12.3. The van der Waals surface area contributed by atoms with Crippen LogP contribution in [0.25, 0.3) is 0 Å². The van der Waals surface area contributed by atoms with Gasteiger partial charge in [0.15, 0.2) is 6.10 Å². The topological polar surface area (TPSA) is 102 Å². The number of hydrogen-bond acceptors (Lipinski definition) is 6. The molecule has 0 aromatic heterocycles. The van der Waals surface area contributed by atoms with E-state index in [4.69, 9.17) is 15.2 Å². The monoisotopic (exact) mass is 545 g/mol. The minimum absolute atomic E-state index is 0.0208. The molecule has 0 radical (unpaired) electrons. The fraction of sp³-hybridized carbons (Fsp3) is 0.970. The molecule has 6 nitrogen and oxygen atoms in total. The van der Waals surface area contributed by atoms with Crippen molar-refractivity contribution >= 4 is 5.97 Å². The number of aliphatic hydroxyl groups is 2. The van der Waals surface area contributed by atoms with Gasteiger partial charge in [-0.2, -0.15) is 0 Å². The second-order valence-corrected chi connectivity index (χ2v) is 16.6. The molecule has 4 unspecified atom stereocenters. The largest absolute Gasteiger partial charge is 0.457 e. The van der Waals surface area contributed by atoms with Gasteiger partial charge in [-0.25, -0.2) is 0 Å². The number of aliphatic hydroxyl groups excluding tert-OH is 1. The molecule has 13 atom stereocenters. The van der Waals surface area contributed by atoms with Crippen LogP contribution in [-0.2, 0) is 14.3 Å². The normalized spacial score (nSPS) is 54.3. The first-order chi connectivity index (χ1) is 18.0. The van der Waals surface area contributed by atoms with Gasteiger partial charge in [0.25, 0.3) is 0 Å². The summed E-state index contributed by atoms with van der Waals surface area (Å²) in [6.07, 6.45) is 7.91. The third-order valence-corrected chi connectivity index (χ3v) is 14.5. The van der Waals surface area contributed by atoms with E-state index in [-0.39, 0.29) is 53.0 Å². The van der Waals surface area contributed by atoms with E-state index in [0.29, 0.717) is 34.5 Å². The first-order valence-corrected chi connectivity index (χ1v) is 16.0. The molecule has 1 saturated heterocycles. The standard InChI is InChI=1S/C33H55NO5/c1-9-23(36)39-27(29(5,6)37)19-16-18(2)24-25(38-19)26(34)31(8)21-11-10-20-28(3,4)22(35)12-13-32(20)17-33(21,32)15-14-30(24,31)7/h18-22,24-27,35,37H,9-17,34H2,1-8H3/t18?,19-,20+,21+,22+,24?,25?,26?,27+,30-,31-,32-,33+/m1/s1. The van der Waals surface area contributed by atoms with E-state index in [9.17, 15) is 15.0 Å². The number of ether oxygens (including phenoxy) is 2. The highest BCUT2D eigenvalue weighted by Crippen LogP contribution is 2.89. The van der Waals surface area contributed by atoms with Gasteiger partial charge in [0.2, 0.25) is 0 Å². The van der Waals surface area contributed by atoms with Crippen LogP contribution in [0.15, 0.2) is 0 Å². The summed E-state index contributed by atoms with van der Waals surface area (Å²) in [5.74, 6) is 1.58. The van der Waals surface area contributed by atoms with E-state index >= 15 is 0 Å². The minimum atomic E-state index is -1.20. The Balaban J connectivity index is 1.34. The van der Waals surface area contributed by atoms with E-state index in [2.05, 4.69) is 34.6 Å². The Bertz CT molecular complexity index is 1020. The summed E-state index contributed by atoms with van der Waals surface area (Å²) in [4.78, 5) is 12.3. The van der Waals surface area contributed by atoms with Crippen LogP contribution in [0.5, 0.6) is 0 Å². The van der Waals surface area contributed by atoms with Gasteiger partial charge in [0, 0.05) is 12.5 Å². The van der Waals surface area contributed by atoms with Gasteiger partial charge in [0.1, 0.15) is 0 Å². The summed E-state index contributed by atoms with van der Waals surface area (Å²) in [5, 5.41) is 22.0. The summed E-state index contributed by atoms with van der Waals surface area (Å²) in [5.41, 5.74) is 6.95. The molecule has 0 aromatic rings. The molecule has 6 rings (SSSR count). The molecule has 6 heteroatoms. The van der Waals surface area contributed by atoms with E-state index in [1.54, 1.807) is 20.8 Å². The maximum atomic E-state index is 12.3. The molecule has 5 aliphatic carbocycles. The average Bonchev–Trinajstić information content (AvgIpc) is 3.49. The molecule has 39 heavy (non-hydrogen) atoms. The molecule has 0 amide bonds. The van der Waals surface area contributed by atoms with Gasteiger partial charge in [-0.15, -0.1) is 0 Å². The van der Waals surface area contributed by atoms with Crippen molar-refractivity contribution < 1.29 is 24.5 Å². The number of fused-ring (bicyclic) bond motifs is 4. The molecule has 2 spiro atoms. The molecule has 6 aliphatic rings. The number of esters is 1. The molecular formula is C33H55NO5. The second-order valence-electron chi connectivity index (χ2n) is 16.6. The number of rotatable bonds is 4. The molecule has 6 fully saturated rings. The van der Waals surface area contributed by atoms with Crippen molar-refractivity contribution in [1.82, 2.24) is 0 Å². The SMILES string of the molecule is CCC(=O)O[C@@H]([C@H]1CC(C)C2C(O1)C(N)[C@@]1(C)[C@@H]3CC[C@H]4C(C)(C)[C@@H](O)CC[C@@]45C[C@@]35CC[C@]21C)C(C)(C)O. The number of carbonyl (C=O) groups is 1. The lowest BCUT2D eigenvalue weighted by molar-refractivity contribution is -0.211. The highest BCUT2D eigenvalue weighted by Gasteiger charge is 2.84. The zero-order valence-electron chi connectivity index (χ0n) is 25.8. The summed E-state index contributed by atoms with van der Waals surface area (Å²) < 4.78 is 12.8. The third-order valence-electron chi connectivity index (χ3n) is 14.5. The van der Waals surface area contributed by atoms with Crippen molar-refractivity contribution in [2.75, 3.05) is 0 Å². The third kappa shape index (κ3) is 3.38. The Morgan fingerprint density at radius 3 is 2.36 bits per heavy atom. The highest BCUT2D eigenvalue weighted by molar-refractivity contribution is 5.69. The lowest BCUT2D eigenvalue weighted by atomic mass is 9.41. The quantitative estimate of drug-likeness (QED) is 0.419.